The minimum atomic E-state index is -4.32. The van der Waals surface area contributed by atoms with Gasteiger partial charge in [0.15, 0.2) is 0 Å². The fraction of sp³-hybridized carbons (Fsp3) is 0.400. The van der Waals surface area contributed by atoms with E-state index in [4.69, 9.17) is 5.73 Å². The Hall–Kier alpha value is -0.750. The smallest absolute Gasteiger partial charge is 0.330 e. The molecule has 1 aromatic carbocycles. The highest BCUT2D eigenvalue weighted by molar-refractivity contribution is 8.00. The highest BCUT2D eigenvalue weighted by Gasteiger charge is 2.39. The molecule has 1 nitrogen and oxygen atoms in total. The maximum atomic E-state index is 12.8. The summed E-state index contributed by atoms with van der Waals surface area (Å²) < 4.78 is 50.4. The first-order valence-electron chi connectivity index (χ1n) is 4.62. The zero-order valence-corrected chi connectivity index (χ0v) is 9.11. The molecule has 0 fully saturated rings. The van der Waals surface area contributed by atoms with E-state index < -0.39 is 17.2 Å². The number of nitrogens with two attached hydrogens (primary N) is 1. The lowest BCUT2D eigenvalue weighted by Gasteiger charge is -2.18. The molecule has 0 radical (unpaired) electrons. The van der Waals surface area contributed by atoms with Crippen molar-refractivity contribution in [3.63, 3.8) is 0 Å². The predicted molar refractivity (Wildman–Crippen MR) is 55.8 cm³/mol. The second-order valence-electron chi connectivity index (χ2n) is 3.18. The Morgan fingerprint density at radius 2 is 2.00 bits per heavy atom. The number of hydrogen-bond acceptors (Lipinski definition) is 2. The summed E-state index contributed by atoms with van der Waals surface area (Å²) in [4.78, 5) is 0.260. The highest BCUT2D eigenvalue weighted by atomic mass is 32.2. The zero-order chi connectivity index (χ0) is 12.2. The molecule has 0 aliphatic carbocycles. The van der Waals surface area contributed by atoms with Crippen molar-refractivity contribution in [1.29, 1.82) is 0 Å². The van der Waals surface area contributed by atoms with Crippen LogP contribution in [0.2, 0.25) is 0 Å². The van der Waals surface area contributed by atoms with Crippen molar-refractivity contribution >= 4 is 11.8 Å². The first-order valence-corrected chi connectivity index (χ1v) is 5.50. The van der Waals surface area contributed by atoms with Gasteiger partial charge in [-0.1, -0.05) is 6.07 Å². The van der Waals surface area contributed by atoms with Gasteiger partial charge >= 0.3 is 6.18 Å². The molecule has 0 amide bonds. The van der Waals surface area contributed by atoms with Crippen molar-refractivity contribution in [2.24, 2.45) is 5.73 Å². The Morgan fingerprint density at radius 3 is 2.50 bits per heavy atom. The molecule has 0 aliphatic heterocycles. The number of alkyl halides is 3. The molecule has 0 heterocycles. The van der Waals surface area contributed by atoms with Gasteiger partial charge in [0.2, 0.25) is 0 Å². The van der Waals surface area contributed by atoms with Gasteiger partial charge in [-0.2, -0.15) is 13.2 Å². The molecular formula is C10H11F4NS. The molecule has 0 aliphatic rings. The lowest BCUT2D eigenvalue weighted by molar-refractivity contribution is -0.129. The number of thioether (sulfide) groups is 1. The predicted octanol–water partition coefficient (Wildman–Crippen LogP) is 3.20. The van der Waals surface area contributed by atoms with Crippen LogP contribution in [0.3, 0.4) is 0 Å². The molecule has 0 spiro atoms. The maximum absolute atomic E-state index is 12.8. The quantitative estimate of drug-likeness (QED) is 0.658. The van der Waals surface area contributed by atoms with Crippen LogP contribution in [0.25, 0.3) is 0 Å². The number of hydrogen-bond donors (Lipinski definition) is 1. The molecule has 1 unspecified atom stereocenters. The average Bonchev–Trinajstić information content (AvgIpc) is 2.16. The minimum Gasteiger partial charge on any atom is -0.330 e. The zero-order valence-electron chi connectivity index (χ0n) is 8.30. The summed E-state index contributed by atoms with van der Waals surface area (Å²) >= 11 is 0.589. The Labute approximate surface area is 95.0 Å². The Morgan fingerprint density at radius 1 is 1.31 bits per heavy atom. The van der Waals surface area contributed by atoms with Crippen molar-refractivity contribution in [2.45, 2.75) is 22.7 Å². The van der Waals surface area contributed by atoms with Crippen molar-refractivity contribution in [2.75, 3.05) is 6.54 Å². The Balaban J connectivity index is 2.76. The maximum Gasteiger partial charge on any atom is 0.400 e. The second kappa shape index (κ2) is 5.54. The van der Waals surface area contributed by atoms with E-state index in [0.29, 0.717) is 11.8 Å². The molecular weight excluding hydrogens is 242 g/mol. The molecule has 6 heteroatoms. The molecule has 2 N–H and O–H groups in total. The minimum absolute atomic E-state index is 0.0491. The van der Waals surface area contributed by atoms with Crippen LogP contribution in [0.15, 0.2) is 29.2 Å². The summed E-state index contributed by atoms with van der Waals surface area (Å²) in [6.45, 7) is -0.0491. The second-order valence-corrected chi connectivity index (χ2v) is 4.46. The molecule has 1 atom stereocenters. The summed E-state index contributed by atoms with van der Waals surface area (Å²) in [7, 11) is 0. The standard InChI is InChI=1S/C10H11F4NS/c11-7-2-1-3-8(6-7)16-9(4-5-15)10(12,13)14/h1-3,6,9H,4-5,15H2. The summed E-state index contributed by atoms with van der Waals surface area (Å²) in [5, 5.41) is -1.58. The molecule has 0 saturated heterocycles. The molecule has 1 rings (SSSR count). The Bertz CT molecular complexity index is 340. The third-order valence-electron chi connectivity index (χ3n) is 1.87. The van der Waals surface area contributed by atoms with E-state index >= 15 is 0 Å². The first-order chi connectivity index (χ1) is 7.43. The number of halogens is 4. The fourth-order valence-electron chi connectivity index (χ4n) is 1.15. The number of benzene rings is 1. The molecule has 1 aromatic rings. The fourth-order valence-corrected chi connectivity index (χ4v) is 2.20. The van der Waals surface area contributed by atoms with Gasteiger partial charge in [0.25, 0.3) is 0 Å². The first kappa shape index (κ1) is 13.3. The van der Waals surface area contributed by atoms with Crippen LogP contribution in [0.4, 0.5) is 17.6 Å². The van der Waals surface area contributed by atoms with Crippen molar-refractivity contribution in [3.8, 4) is 0 Å². The van der Waals surface area contributed by atoms with Gasteiger partial charge in [-0.05, 0) is 31.2 Å². The SMILES string of the molecule is NCCC(Sc1cccc(F)c1)C(F)(F)F. The third-order valence-corrected chi connectivity index (χ3v) is 3.18. The van der Waals surface area contributed by atoms with Gasteiger partial charge in [-0.15, -0.1) is 11.8 Å². The van der Waals surface area contributed by atoms with Crippen LogP contribution in [0, 0.1) is 5.82 Å². The average molecular weight is 253 g/mol. The molecule has 0 aromatic heterocycles. The van der Waals surface area contributed by atoms with Crippen LogP contribution in [0.1, 0.15) is 6.42 Å². The van der Waals surface area contributed by atoms with E-state index in [0.717, 1.165) is 6.07 Å². The van der Waals surface area contributed by atoms with Gasteiger partial charge in [0.1, 0.15) is 11.1 Å². The third kappa shape index (κ3) is 4.02. The summed E-state index contributed by atoms with van der Waals surface area (Å²) in [6.07, 6.45) is -4.50. The van der Waals surface area contributed by atoms with E-state index in [-0.39, 0.29) is 17.9 Å². The van der Waals surface area contributed by atoms with E-state index in [2.05, 4.69) is 0 Å². The normalized spacial score (nSPS) is 13.8. The lowest BCUT2D eigenvalue weighted by Crippen LogP contribution is -2.28. The van der Waals surface area contributed by atoms with Gasteiger partial charge in [-0.25, -0.2) is 4.39 Å². The van der Waals surface area contributed by atoms with Crippen LogP contribution in [-0.4, -0.2) is 18.0 Å². The van der Waals surface area contributed by atoms with Gasteiger partial charge in [0.05, 0.1) is 0 Å². The number of rotatable bonds is 4. The van der Waals surface area contributed by atoms with Crippen molar-refractivity contribution in [1.82, 2.24) is 0 Å². The van der Waals surface area contributed by atoms with Crippen LogP contribution < -0.4 is 5.73 Å². The van der Waals surface area contributed by atoms with Gasteiger partial charge in [0, 0.05) is 4.90 Å². The Kier molecular flexibility index (Phi) is 4.61. The van der Waals surface area contributed by atoms with Crippen molar-refractivity contribution in [3.05, 3.63) is 30.1 Å². The van der Waals surface area contributed by atoms with Crippen LogP contribution in [-0.2, 0) is 0 Å². The summed E-state index contributed by atoms with van der Waals surface area (Å²) in [6, 6.07) is 5.10. The molecule has 90 valence electrons. The topological polar surface area (TPSA) is 26.0 Å². The van der Waals surface area contributed by atoms with Crippen LogP contribution >= 0.6 is 11.8 Å². The highest BCUT2D eigenvalue weighted by Crippen LogP contribution is 2.36. The molecule has 0 bridgehead atoms. The van der Waals surface area contributed by atoms with Gasteiger partial charge in [-0.3, -0.25) is 0 Å². The summed E-state index contributed by atoms with van der Waals surface area (Å²) in [5.41, 5.74) is 5.12. The largest absolute Gasteiger partial charge is 0.400 e. The van der Waals surface area contributed by atoms with Gasteiger partial charge < -0.3 is 5.73 Å². The molecule has 0 saturated carbocycles. The summed E-state index contributed by atoms with van der Waals surface area (Å²) in [5.74, 6) is -0.543. The lowest BCUT2D eigenvalue weighted by atomic mass is 10.3. The van der Waals surface area contributed by atoms with E-state index in [9.17, 15) is 17.6 Å². The van der Waals surface area contributed by atoms with E-state index in [1.807, 2.05) is 0 Å². The van der Waals surface area contributed by atoms with Crippen molar-refractivity contribution < 1.29 is 17.6 Å². The van der Waals surface area contributed by atoms with E-state index in [1.165, 1.54) is 18.2 Å². The monoisotopic (exact) mass is 253 g/mol. The van der Waals surface area contributed by atoms with Crippen LogP contribution in [0.5, 0.6) is 0 Å². The van der Waals surface area contributed by atoms with E-state index in [1.54, 1.807) is 0 Å². The molecule has 16 heavy (non-hydrogen) atoms.